The van der Waals surface area contributed by atoms with Gasteiger partial charge in [-0.05, 0) is 58.4 Å². The summed E-state index contributed by atoms with van der Waals surface area (Å²) in [6.07, 6.45) is 0. The van der Waals surface area contributed by atoms with Crippen molar-refractivity contribution < 1.29 is 13.2 Å². The van der Waals surface area contributed by atoms with Gasteiger partial charge in [0.2, 0.25) is 10.0 Å². The van der Waals surface area contributed by atoms with Crippen LogP contribution in [0.2, 0.25) is 5.02 Å². The molecule has 0 saturated carbocycles. The number of sulfonamides is 1. The van der Waals surface area contributed by atoms with Gasteiger partial charge in [-0.15, -0.1) is 0 Å². The Morgan fingerprint density at radius 2 is 1.76 bits per heavy atom. The molecule has 21 heavy (non-hydrogen) atoms. The first-order chi connectivity index (χ1) is 9.77. The van der Waals surface area contributed by atoms with Crippen LogP contribution in [-0.2, 0) is 10.0 Å². The average Bonchev–Trinajstić information content (AvgIpc) is 2.41. The van der Waals surface area contributed by atoms with E-state index in [1.54, 1.807) is 12.1 Å². The highest BCUT2D eigenvalue weighted by atomic mass is 79.9. The van der Waals surface area contributed by atoms with Crippen molar-refractivity contribution in [1.82, 2.24) is 0 Å². The average molecular weight is 390 g/mol. The summed E-state index contributed by atoms with van der Waals surface area (Å²) >= 11 is 9.16. The summed E-state index contributed by atoms with van der Waals surface area (Å²) < 4.78 is 22.9. The van der Waals surface area contributed by atoms with Gasteiger partial charge in [-0.25, -0.2) is 13.6 Å². The van der Waals surface area contributed by atoms with E-state index < -0.39 is 10.0 Å². The van der Waals surface area contributed by atoms with Gasteiger partial charge in [-0.3, -0.25) is 4.79 Å². The monoisotopic (exact) mass is 388 g/mol. The number of hydrogen-bond donors (Lipinski definition) is 2. The highest BCUT2D eigenvalue weighted by Crippen LogP contribution is 2.23. The van der Waals surface area contributed by atoms with Gasteiger partial charge in [-0.1, -0.05) is 11.6 Å². The van der Waals surface area contributed by atoms with Crippen LogP contribution in [0.15, 0.2) is 51.8 Å². The van der Waals surface area contributed by atoms with Crippen molar-refractivity contribution in [3.8, 4) is 0 Å². The lowest BCUT2D eigenvalue weighted by atomic mass is 10.2. The smallest absolute Gasteiger partial charge is 0.255 e. The van der Waals surface area contributed by atoms with Crippen molar-refractivity contribution in [2.45, 2.75) is 4.90 Å². The molecular weight excluding hydrogens is 380 g/mol. The number of halogens is 2. The molecule has 0 aromatic heterocycles. The van der Waals surface area contributed by atoms with Crippen LogP contribution < -0.4 is 10.5 Å². The lowest BCUT2D eigenvalue weighted by Gasteiger charge is -2.07. The number of anilines is 1. The highest BCUT2D eigenvalue weighted by molar-refractivity contribution is 9.10. The maximum absolute atomic E-state index is 12.0. The number of nitrogens with one attached hydrogen (secondary N) is 1. The quantitative estimate of drug-likeness (QED) is 0.845. The summed E-state index contributed by atoms with van der Waals surface area (Å²) in [6, 6.07) is 10.4. The van der Waals surface area contributed by atoms with Crippen molar-refractivity contribution in [3.63, 3.8) is 0 Å². The standard InChI is InChI=1S/C13H10BrClN2O3S/c14-11-6-1-8(7-12(11)15)13(18)17-9-2-4-10(5-3-9)21(16,19)20/h1-7H,(H,17,18)(H2,16,19,20). The number of hydrogen-bond acceptors (Lipinski definition) is 3. The number of carbonyl (C=O) groups excluding carboxylic acids is 1. The van der Waals surface area contributed by atoms with E-state index in [4.69, 9.17) is 16.7 Å². The van der Waals surface area contributed by atoms with Crippen molar-refractivity contribution in [2.24, 2.45) is 5.14 Å². The molecule has 2 aromatic rings. The van der Waals surface area contributed by atoms with Crippen LogP contribution in [0.5, 0.6) is 0 Å². The lowest BCUT2D eigenvalue weighted by molar-refractivity contribution is 0.102. The van der Waals surface area contributed by atoms with Crippen LogP contribution in [-0.4, -0.2) is 14.3 Å². The van der Waals surface area contributed by atoms with E-state index in [2.05, 4.69) is 21.2 Å². The van der Waals surface area contributed by atoms with Crippen LogP contribution in [0.25, 0.3) is 0 Å². The second-order valence-electron chi connectivity index (χ2n) is 4.15. The van der Waals surface area contributed by atoms with Crippen molar-refractivity contribution in [1.29, 1.82) is 0 Å². The summed E-state index contributed by atoms with van der Waals surface area (Å²) in [5, 5.41) is 8.05. The maximum Gasteiger partial charge on any atom is 0.255 e. The van der Waals surface area contributed by atoms with Crippen LogP contribution in [0, 0.1) is 0 Å². The normalized spacial score (nSPS) is 11.2. The molecule has 0 atom stereocenters. The summed E-state index contributed by atoms with van der Waals surface area (Å²) in [6.45, 7) is 0. The Morgan fingerprint density at radius 1 is 1.14 bits per heavy atom. The van der Waals surface area contributed by atoms with Gasteiger partial charge in [0.05, 0.1) is 9.92 Å². The van der Waals surface area contributed by atoms with E-state index in [1.807, 2.05) is 0 Å². The van der Waals surface area contributed by atoms with E-state index >= 15 is 0 Å². The Labute approximate surface area is 135 Å². The Kier molecular flexibility index (Phi) is 4.67. The molecule has 2 rings (SSSR count). The zero-order chi connectivity index (χ0) is 15.6. The molecule has 0 unspecified atom stereocenters. The van der Waals surface area contributed by atoms with Crippen LogP contribution in [0.3, 0.4) is 0 Å². The molecule has 3 N–H and O–H groups in total. The Balaban J connectivity index is 2.18. The molecular formula is C13H10BrClN2O3S. The third-order valence-corrected chi connectivity index (χ3v) is 4.78. The number of nitrogens with two attached hydrogens (primary N) is 1. The van der Waals surface area contributed by atoms with Gasteiger partial charge < -0.3 is 5.32 Å². The van der Waals surface area contributed by atoms with Gasteiger partial charge in [-0.2, -0.15) is 0 Å². The number of amides is 1. The van der Waals surface area contributed by atoms with Gasteiger partial charge in [0.1, 0.15) is 0 Å². The molecule has 0 spiro atoms. The zero-order valence-electron chi connectivity index (χ0n) is 10.5. The molecule has 0 aliphatic heterocycles. The third kappa shape index (κ3) is 4.04. The number of benzene rings is 2. The fourth-order valence-corrected chi connectivity index (χ4v) is 2.51. The van der Waals surface area contributed by atoms with E-state index in [1.165, 1.54) is 30.3 Å². The Hall–Kier alpha value is -1.41. The second kappa shape index (κ2) is 6.15. The molecule has 0 radical (unpaired) electrons. The topological polar surface area (TPSA) is 89.3 Å². The molecule has 2 aromatic carbocycles. The summed E-state index contributed by atoms with van der Waals surface area (Å²) in [5.41, 5.74) is 0.838. The van der Waals surface area contributed by atoms with Crippen LogP contribution >= 0.6 is 27.5 Å². The minimum Gasteiger partial charge on any atom is -0.322 e. The number of rotatable bonds is 3. The zero-order valence-corrected chi connectivity index (χ0v) is 13.7. The van der Waals surface area contributed by atoms with E-state index in [-0.39, 0.29) is 10.8 Å². The number of carbonyl (C=O) groups is 1. The first-order valence-electron chi connectivity index (χ1n) is 5.66. The Bertz CT molecular complexity index is 792. The highest BCUT2D eigenvalue weighted by Gasteiger charge is 2.10. The van der Waals surface area contributed by atoms with Crippen molar-refractivity contribution in [2.75, 3.05) is 5.32 Å². The third-order valence-electron chi connectivity index (χ3n) is 2.62. The van der Waals surface area contributed by atoms with Crippen molar-refractivity contribution >= 4 is 49.1 Å². The van der Waals surface area contributed by atoms with Gasteiger partial charge in [0, 0.05) is 15.7 Å². The molecule has 0 aliphatic rings. The SMILES string of the molecule is NS(=O)(=O)c1ccc(NC(=O)c2ccc(Br)c(Cl)c2)cc1. The molecule has 0 bridgehead atoms. The predicted octanol–water partition coefficient (Wildman–Crippen LogP) is 3.00. The first-order valence-corrected chi connectivity index (χ1v) is 8.38. The van der Waals surface area contributed by atoms with E-state index in [0.717, 1.165) is 0 Å². The van der Waals surface area contributed by atoms with E-state index in [9.17, 15) is 13.2 Å². The molecule has 110 valence electrons. The Morgan fingerprint density at radius 3 is 2.29 bits per heavy atom. The molecule has 0 aliphatic carbocycles. The molecule has 0 saturated heterocycles. The van der Waals surface area contributed by atoms with Crippen molar-refractivity contribution in [3.05, 3.63) is 57.5 Å². The van der Waals surface area contributed by atoms with Crippen LogP contribution in [0.4, 0.5) is 5.69 Å². The number of primary sulfonamides is 1. The molecule has 1 amide bonds. The molecule has 0 fully saturated rings. The summed E-state index contributed by atoms with van der Waals surface area (Å²) in [4.78, 5) is 12.0. The van der Waals surface area contributed by atoms with E-state index in [0.29, 0.717) is 20.7 Å². The molecule has 5 nitrogen and oxygen atoms in total. The summed E-state index contributed by atoms with van der Waals surface area (Å²) in [7, 11) is -3.75. The maximum atomic E-state index is 12.0. The van der Waals surface area contributed by atoms with Gasteiger partial charge >= 0.3 is 0 Å². The predicted molar refractivity (Wildman–Crippen MR) is 84.9 cm³/mol. The molecule has 8 heteroatoms. The summed E-state index contributed by atoms with van der Waals surface area (Å²) in [5.74, 6) is -0.354. The largest absolute Gasteiger partial charge is 0.322 e. The minimum atomic E-state index is -3.75. The fraction of sp³-hybridized carbons (Fsp3) is 0. The minimum absolute atomic E-state index is 0.0211. The van der Waals surface area contributed by atoms with Crippen LogP contribution in [0.1, 0.15) is 10.4 Å². The molecule has 0 heterocycles. The fourth-order valence-electron chi connectivity index (χ4n) is 1.57. The lowest BCUT2D eigenvalue weighted by Crippen LogP contribution is -2.13. The second-order valence-corrected chi connectivity index (χ2v) is 6.98. The van der Waals surface area contributed by atoms with Gasteiger partial charge in [0.15, 0.2) is 0 Å². The van der Waals surface area contributed by atoms with Gasteiger partial charge in [0.25, 0.3) is 5.91 Å². The first kappa shape index (κ1) is 16.0.